The molecule has 0 aliphatic heterocycles. The summed E-state index contributed by atoms with van der Waals surface area (Å²) in [5.41, 5.74) is -1.58. The van der Waals surface area contributed by atoms with Gasteiger partial charge >= 0.3 is 6.18 Å². The van der Waals surface area contributed by atoms with Crippen LogP contribution in [0.5, 0.6) is 0 Å². The van der Waals surface area contributed by atoms with Crippen LogP contribution >= 0.6 is 0 Å². The molecule has 0 saturated carbocycles. The monoisotopic (exact) mass is 292 g/mol. The second-order valence-electron chi connectivity index (χ2n) is 3.95. The number of halogens is 3. The minimum atomic E-state index is -4.68. The predicted molar refractivity (Wildman–Crippen MR) is 66.1 cm³/mol. The Kier molecular flexibility index (Phi) is 3.84. The van der Waals surface area contributed by atoms with Crippen LogP contribution in [0.3, 0.4) is 0 Å². The summed E-state index contributed by atoms with van der Waals surface area (Å²) in [6.45, 7) is 0. The Morgan fingerprint density at radius 2 is 1.90 bits per heavy atom. The second-order valence-corrected chi connectivity index (χ2v) is 3.95. The van der Waals surface area contributed by atoms with Crippen LogP contribution in [0.2, 0.25) is 0 Å². The third-order valence-corrected chi connectivity index (χ3v) is 2.53. The van der Waals surface area contributed by atoms with E-state index in [1.165, 1.54) is 30.9 Å². The topological polar surface area (TPSA) is 78.7 Å². The van der Waals surface area contributed by atoms with Crippen LogP contribution in [0, 0.1) is 11.3 Å². The molecule has 0 radical (unpaired) electrons. The van der Waals surface area contributed by atoms with Gasteiger partial charge in [0.15, 0.2) is 0 Å². The summed E-state index contributed by atoms with van der Waals surface area (Å²) in [5.74, 6) is -0.645. The van der Waals surface area contributed by atoms with Crippen LogP contribution in [0.1, 0.15) is 21.5 Å². The largest absolute Gasteiger partial charge is 0.417 e. The van der Waals surface area contributed by atoms with Crippen LogP contribution in [0.15, 0.2) is 36.9 Å². The standard InChI is InChI=1S/C13H7F3N4O/c14-13(15,16)11-3-10(2-1-8(11)4-17)20-12(21)9-5-18-7-19-6-9/h1-3,5-7H,(H,20,21). The molecule has 2 aromatic rings. The zero-order valence-corrected chi connectivity index (χ0v) is 10.3. The summed E-state index contributed by atoms with van der Waals surface area (Å²) in [5, 5.41) is 11.0. The van der Waals surface area contributed by atoms with Crippen molar-refractivity contribution in [2.45, 2.75) is 6.18 Å². The van der Waals surface area contributed by atoms with E-state index >= 15 is 0 Å². The van der Waals surface area contributed by atoms with Crippen LogP contribution < -0.4 is 5.32 Å². The summed E-state index contributed by atoms with van der Waals surface area (Å²) in [4.78, 5) is 19.1. The Balaban J connectivity index is 2.30. The molecule has 106 valence electrons. The van der Waals surface area contributed by atoms with Gasteiger partial charge < -0.3 is 5.32 Å². The van der Waals surface area contributed by atoms with Gasteiger partial charge in [-0.2, -0.15) is 18.4 Å². The Morgan fingerprint density at radius 3 is 2.48 bits per heavy atom. The van der Waals surface area contributed by atoms with Gasteiger partial charge in [-0.25, -0.2) is 9.97 Å². The molecule has 5 nitrogen and oxygen atoms in total. The zero-order valence-electron chi connectivity index (χ0n) is 10.3. The molecule has 21 heavy (non-hydrogen) atoms. The lowest BCUT2D eigenvalue weighted by Gasteiger charge is -2.11. The van der Waals surface area contributed by atoms with Crippen molar-refractivity contribution in [1.29, 1.82) is 5.26 Å². The molecule has 0 fully saturated rings. The van der Waals surface area contributed by atoms with Crippen LogP contribution in [-0.4, -0.2) is 15.9 Å². The maximum atomic E-state index is 12.8. The van der Waals surface area contributed by atoms with E-state index in [2.05, 4.69) is 15.3 Å². The number of anilines is 1. The Morgan fingerprint density at radius 1 is 1.24 bits per heavy atom. The molecule has 0 aliphatic carbocycles. The van der Waals surface area contributed by atoms with Crippen molar-refractivity contribution < 1.29 is 18.0 Å². The van der Waals surface area contributed by atoms with Gasteiger partial charge in [-0.05, 0) is 18.2 Å². The number of aromatic nitrogens is 2. The fraction of sp³-hybridized carbons (Fsp3) is 0.0769. The van der Waals surface area contributed by atoms with Crippen LogP contribution in [0.4, 0.5) is 18.9 Å². The number of alkyl halides is 3. The maximum Gasteiger partial charge on any atom is 0.417 e. The lowest BCUT2D eigenvalue weighted by atomic mass is 10.1. The minimum absolute atomic E-state index is 0.0739. The lowest BCUT2D eigenvalue weighted by molar-refractivity contribution is -0.137. The number of carbonyl (C=O) groups excluding carboxylic acids is 1. The first-order valence-electron chi connectivity index (χ1n) is 5.59. The van der Waals surface area contributed by atoms with Gasteiger partial charge in [-0.15, -0.1) is 0 Å². The van der Waals surface area contributed by atoms with Gasteiger partial charge in [0.05, 0.1) is 22.8 Å². The van der Waals surface area contributed by atoms with E-state index in [0.29, 0.717) is 6.07 Å². The molecule has 0 aliphatic rings. The van der Waals surface area contributed by atoms with E-state index in [4.69, 9.17) is 5.26 Å². The number of amides is 1. The van der Waals surface area contributed by atoms with Crippen molar-refractivity contribution in [1.82, 2.24) is 9.97 Å². The highest BCUT2D eigenvalue weighted by Crippen LogP contribution is 2.33. The normalized spacial score (nSPS) is 10.8. The number of nitrogens with zero attached hydrogens (tertiary/aromatic N) is 3. The first-order chi connectivity index (χ1) is 9.91. The van der Waals surface area contributed by atoms with Crippen molar-refractivity contribution in [3.8, 4) is 6.07 Å². The molecular weight excluding hydrogens is 285 g/mol. The van der Waals surface area contributed by atoms with E-state index in [0.717, 1.165) is 6.07 Å². The van der Waals surface area contributed by atoms with Gasteiger partial charge in [0.2, 0.25) is 0 Å². The fourth-order valence-electron chi connectivity index (χ4n) is 1.57. The highest BCUT2D eigenvalue weighted by atomic mass is 19.4. The number of carbonyl (C=O) groups is 1. The summed E-state index contributed by atoms with van der Waals surface area (Å²) >= 11 is 0. The van der Waals surface area contributed by atoms with Gasteiger partial charge in [0, 0.05) is 18.1 Å². The molecular formula is C13H7F3N4O. The molecule has 1 amide bonds. The smallest absolute Gasteiger partial charge is 0.322 e. The van der Waals surface area contributed by atoms with E-state index in [-0.39, 0.29) is 11.3 Å². The molecule has 0 unspecified atom stereocenters. The highest BCUT2D eigenvalue weighted by Gasteiger charge is 2.34. The average Bonchev–Trinajstić information content (AvgIpc) is 2.47. The van der Waals surface area contributed by atoms with Gasteiger partial charge in [-0.1, -0.05) is 0 Å². The van der Waals surface area contributed by atoms with Crippen molar-refractivity contribution in [3.63, 3.8) is 0 Å². The second kappa shape index (κ2) is 5.58. The van der Waals surface area contributed by atoms with Gasteiger partial charge in [0.1, 0.15) is 6.33 Å². The molecule has 0 atom stereocenters. The predicted octanol–water partition coefficient (Wildman–Crippen LogP) is 2.62. The molecule has 1 aromatic heterocycles. The van der Waals surface area contributed by atoms with Crippen molar-refractivity contribution in [3.05, 3.63) is 53.6 Å². The van der Waals surface area contributed by atoms with Crippen molar-refractivity contribution in [2.75, 3.05) is 5.32 Å². The Labute approximate surface area is 117 Å². The minimum Gasteiger partial charge on any atom is -0.322 e. The summed E-state index contributed by atoms with van der Waals surface area (Å²) < 4.78 is 38.4. The van der Waals surface area contributed by atoms with Gasteiger partial charge in [-0.3, -0.25) is 4.79 Å². The quantitative estimate of drug-likeness (QED) is 0.922. The number of rotatable bonds is 2. The summed E-state index contributed by atoms with van der Waals surface area (Å²) in [7, 11) is 0. The number of benzene rings is 1. The molecule has 0 spiro atoms. The van der Waals surface area contributed by atoms with E-state index in [1.54, 1.807) is 0 Å². The van der Waals surface area contributed by atoms with Crippen LogP contribution in [-0.2, 0) is 6.18 Å². The number of nitrogens with one attached hydrogen (secondary N) is 1. The van der Waals surface area contributed by atoms with Crippen LogP contribution in [0.25, 0.3) is 0 Å². The Hall–Kier alpha value is -2.95. The summed E-state index contributed by atoms with van der Waals surface area (Å²) in [6, 6.07) is 4.39. The molecule has 2 rings (SSSR count). The third kappa shape index (κ3) is 3.33. The van der Waals surface area contributed by atoms with E-state index in [1.807, 2.05) is 0 Å². The van der Waals surface area contributed by atoms with Gasteiger partial charge in [0.25, 0.3) is 5.91 Å². The maximum absolute atomic E-state index is 12.8. The molecule has 1 N–H and O–H groups in total. The number of nitriles is 1. The first kappa shape index (κ1) is 14.5. The Bertz CT molecular complexity index is 708. The molecule has 1 aromatic carbocycles. The highest BCUT2D eigenvalue weighted by molar-refractivity contribution is 6.03. The van der Waals surface area contributed by atoms with E-state index in [9.17, 15) is 18.0 Å². The molecule has 0 bridgehead atoms. The zero-order chi connectivity index (χ0) is 15.5. The SMILES string of the molecule is N#Cc1ccc(NC(=O)c2cncnc2)cc1C(F)(F)F. The molecule has 8 heteroatoms. The van der Waals surface area contributed by atoms with E-state index < -0.39 is 23.2 Å². The molecule has 0 saturated heterocycles. The number of hydrogen-bond acceptors (Lipinski definition) is 4. The van der Waals surface area contributed by atoms with Crippen molar-refractivity contribution >= 4 is 11.6 Å². The fourth-order valence-corrected chi connectivity index (χ4v) is 1.57. The van der Waals surface area contributed by atoms with Crippen molar-refractivity contribution in [2.24, 2.45) is 0 Å². The average molecular weight is 292 g/mol. The lowest BCUT2D eigenvalue weighted by Crippen LogP contribution is -2.14. The number of hydrogen-bond donors (Lipinski definition) is 1. The first-order valence-corrected chi connectivity index (χ1v) is 5.59. The molecule has 1 heterocycles. The summed E-state index contributed by atoms with van der Waals surface area (Å²) in [6.07, 6.45) is -0.991. The third-order valence-electron chi connectivity index (χ3n) is 2.53.